The number of aliphatic hydroxyl groups is 1. The quantitative estimate of drug-likeness (QED) is 0.744. The second kappa shape index (κ2) is 5.15. The minimum Gasteiger partial charge on any atom is -0.393 e. The Morgan fingerprint density at radius 3 is 2.62 bits per heavy atom. The van der Waals surface area contributed by atoms with Crippen LogP contribution in [0.4, 0.5) is 0 Å². The lowest BCUT2D eigenvalue weighted by Gasteiger charge is -2.23. The molecule has 16 heavy (non-hydrogen) atoms. The molecule has 0 saturated carbocycles. The maximum absolute atomic E-state index is 11.7. The number of hydrogen-bond donors (Lipinski definition) is 2. The molecule has 4 nitrogen and oxygen atoms in total. The van der Waals surface area contributed by atoms with Crippen LogP contribution in [0.5, 0.6) is 0 Å². The number of carbonyl (C=O) groups excluding carboxylic acids is 1. The van der Waals surface area contributed by atoms with E-state index in [1.807, 2.05) is 27.7 Å². The van der Waals surface area contributed by atoms with Crippen molar-refractivity contribution in [1.82, 2.24) is 10.2 Å². The van der Waals surface area contributed by atoms with E-state index in [0.29, 0.717) is 12.5 Å². The summed E-state index contributed by atoms with van der Waals surface area (Å²) in [4.78, 5) is 13.8. The summed E-state index contributed by atoms with van der Waals surface area (Å²) < 4.78 is 0. The van der Waals surface area contributed by atoms with Crippen LogP contribution in [0.3, 0.4) is 0 Å². The van der Waals surface area contributed by atoms with Crippen LogP contribution < -0.4 is 5.32 Å². The second-order valence-corrected chi connectivity index (χ2v) is 5.82. The minimum atomic E-state index is -0.268. The molecule has 0 aromatic heterocycles. The largest absolute Gasteiger partial charge is 0.393 e. The van der Waals surface area contributed by atoms with Gasteiger partial charge in [0.1, 0.15) is 0 Å². The summed E-state index contributed by atoms with van der Waals surface area (Å²) in [5.41, 5.74) is -0.166. The zero-order chi connectivity index (χ0) is 12.3. The predicted molar refractivity (Wildman–Crippen MR) is 64.1 cm³/mol. The van der Waals surface area contributed by atoms with E-state index >= 15 is 0 Å². The lowest BCUT2D eigenvalue weighted by atomic mass is 10.0. The molecule has 2 unspecified atom stereocenters. The van der Waals surface area contributed by atoms with Gasteiger partial charge in [0.2, 0.25) is 5.91 Å². The van der Waals surface area contributed by atoms with Crippen LogP contribution in [0.25, 0.3) is 0 Å². The zero-order valence-corrected chi connectivity index (χ0v) is 10.8. The van der Waals surface area contributed by atoms with Gasteiger partial charge >= 0.3 is 0 Å². The standard InChI is InChI=1S/C12H24N2O2/c1-9(15)10-5-6-14(7-10)8-11(16)13-12(2,3)4/h9-10,15H,5-8H2,1-4H3,(H,13,16). The third kappa shape index (κ3) is 4.49. The van der Waals surface area contributed by atoms with Crippen molar-refractivity contribution < 1.29 is 9.90 Å². The summed E-state index contributed by atoms with van der Waals surface area (Å²) in [5, 5.41) is 12.4. The van der Waals surface area contributed by atoms with Gasteiger partial charge in [-0.1, -0.05) is 0 Å². The Morgan fingerprint density at radius 2 is 2.19 bits per heavy atom. The fourth-order valence-electron chi connectivity index (χ4n) is 2.06. The van der Waals surface area contributed by atoms with Gasteiger partial charge in [-0.3, -0.25) is 9.69 Å². The van der Waals surface area contributed by atoms with Crippen LogP contribution in [0.2, 0.25) is 0 Å². The highest BCUT2D eigenvalue weighted by Crippen LogP contribution is 2.19. The van der Waals surface area contributed by atoms with E-state index in [9.17, 15) is 9.90 Å². The van der Waals surface area contributed by atoms with Crippen molar-refractivity contribution >= 4 is 5.91 Å². The van der Waals surface area contributed by atoms with Crippen molar-refractivity contribution in [2.45, 2.75) is 45.8 Å². The molecule has 0 aromatic rings. The van der Waals surface area contributed by atoms with E-state index in [1.165, 1.54) is 0 Å². The number of nitrogens with zero attached hydrogens (tertiary/aromatic N) is 1. The van der Waals surface area contributed by atoms with E-state index in [0.717, 1.165) is 19.5 Å². The third-order valence-electron chi connectivity index (χ3n) is 2.87. The first-order valence-electron chi connectivity index (χ1n) is 5.99. The molecule has 0 spiro atoms. The molecule has 0 aromatic carbocycles. The van der Waals surface area contributed by atoms with Crippen LogP contribution in [0, 0.1) is 5.92 Å². The number of aliphatic hydroxyl groups excluding tert-OH is 1. The lowest BCUT2D eigenvalue weighted by molar-refractivity contribution is -0.123. The summed E-state index contributed by atoms with van der Waals surface area (Å²) in [7, 11) is 0. The van der Waals surface area contributed by atoms with Gasteiger partial charge in [0.25, 0.3) is 0 Å². The van der Waals surface area contributed by atoms with E-state index in [-0.39, 0.29) is 17.6 Å². The highest BCUT2D eigenvalue weighted by atomic mass is 16.3. The van der Waals surface area contributed by atoms with E-state index < -0.39 is 0 Å². The average molecular weight is 228 g/mol. The van der Waals surface area contributed by atoms with E-state index in [2.05, 4.69) is 10.2 Å². The number of rotatable bonds is 3. The van der Waals surface area contributed by atoms with Crippen LogP contribution in [-0.4, -0.2) is 47.2 Å². The molecular weight excluding hydrogens is 204 g/mol. The first kappa shape index (κ1) is 13.5. The van der Waals surface area contributed by atoms with Gasteiger partial charge in [0.15, 0.2) is 0 Å². The second-order valence-electron chi connectivity index (χ2n) is 5.82. The van der Waals surface area contributed by atoms with E-state index in [4.69, 9.17) is 0 Å². The Labute approximate surface area is 98.0 Å². The minimum absolute atomic E-state index is 0.0683. The maximum atomic E-state index is 11.7. The smallest absolute Gasteiger partial charge is 0.234 e. The summed E-state index contributed by atoms with van der Waals surface area (Å²) in [6.45, 7) is 9.95. The van der Waals surface area contributed by atoms with Gasteiger partial charge in [-0.15, -0.1) is 0 Å². The molecule has 1 aliphatic heterocycles. The molecule has 1 rings (SSSR count). The Kier molecular flexibility index (Phi) is 4.33. The third-order valence-corrected chi connectivity index (χ3v) is 2.87. The monoisotopic (exact) mass is 228 g/mol. The van der Waals surface area contributed by atoms with Gasteiger partial charge in [0.05, 0.1) is 12.6 Å². The van der Waals surface area contributed by atoms with Crippen molar-refractivity contribution in [2.24, 2.45) is 5.92 Å². The molecule has 1 heterocycles. The first-order chi connectivity index (χ1) is 7.28. The van der Waals surface area contributed by atoms with Crippen molar-refractivity contribution in [2.75, 3.05) is 19.6 Å². The molecule has 1 aliphatic rings. The average Bonchev–Trinajstić information content (AvgIpc) is 2.48. The van der Waals surface area contributed by atoms with Gasteiger partial charge in [-0.05, 0) is 46.6 Å². The molecule has 1 saturated heterocycles. The summed E-state index contributed by atoms with van der Waals surface area (Å²) in [6, 6.07) is 0. The number of hydrogen-bond acceptors (Lipinski definition) is 3. The number of amides is 1. The topological polar surface area (TPSA) is 52.6 Å². The van der Waals surface area contributed by atoms with Crippen LogP contribution >= 0.6 is 0 Å². The molecule has 94 valence electrons. The van der Waals surface area contributed by atoms with Crippen molar-refractivity contribution in [3.8, 4) is 0 Å². The Balaban J connectivity index is 2.32. The fourth-order valence-corrected chi connectivity index (χ4v) is 2.06. The van der Waals surface area contributed by atoms with Gasteiger partial charge in [-0.25, -0.2) is 0 Å². The molecule has 2 atom stereocenters. The van der Waals surface area contributed by atoms with Crippen LogP contribution in [0.1, 0.15) is 34.1 Å². The molecular formula is C12H24N2O2. The highest BCUT2D eigenvalue weighted by Gasteiger charge is 2.27. The van der Waals surface area contributed by atoms with Crippen LogP contribution in [0.15, 0.2) is 0 Å². The SMILES string of the molecule is CC(O)C1CCN(CC(=O)NC(C)(C)C)C1. The molecule has 1 amide bonds. The number of nitrogens with one attached hydrogen (secondary N) is 1. The van der Waals surface area contributed by atoms with Gasteiger partial charge in [-0.2, -0.15) is 0 Å². The Bertz CT molecular complexity index is 246. The van der Waals surface area contributed by atoms with Crippen LogP contribution in [-0.2, 0) is 4.79 Å². The fraction of sp³-hybridized carbons (Fsp3) is 0.917. The molecule has 2 N–H and O–H groups in total. The predicted octanol–water partition coefficient (Wildman–Crippen LogP) is 0.604. The van der Waals surface area contributed by atoms with Gasteiger partial charge < -0.3 is 10.4 Å². The number of likely N-dealkylation sites (tertiary alicyclic amines) is 1. The molecule has 0 bridgehead atoms. The zero-order valence-electron chi connectivity index (χ0n) is 10.8. The summed E-state index contributed by atoms with van der Waals surface area (Å²) >= 11 is 0. The Hall–Kier alpha value is -0.610. The normalized spacial score (nSPS) is 24.4. The molecule has 1 fully saturated rings. The van der Waals surface area contributed by atoms with E-state index in [1.54, 1.807) is 0 Å². The summed E-state index contributed by atoms with van der Waals surface area (Å²) in [5.74, 6) is 0.390. The molecule has 0 radical (unpaired) electrons. The number of carbonyl (C=O) groups is 1. The highest BCUT2D eigenvalue weighted by molar-refractivity contribution is 5.78. The van der Waals surface area contributed by atoms with Crippen molar-refractivity contribution in [3.63, 3.8) is 0 Å². The Morgan fingerprint density at radius 1 is 1.56 bits per heavy atom. The van der Waals surface area contributed by atoms with Gasteiger partial charge in [0, 0.05) is 12.1 Å². The lowest BCUT2D eigenvalue weighted by Crippen LogP contribution is -2.45. The van der Waals surface area contributed by atoms with Crippen molar-refractivity contribution in [3.05, 3.63) is 0 Å². The molecule has 4 heteroatoms. The molecule has 0 aliphatic carbocycles. The first-order valence-corrected chi connectivity index (χ1v) is 5.99. The summed E-state index contributed by atoms with van der Waals surface area (Å²) in [6.07, 6.45) is 0.719. The maximum Gasteiger partial charge on any atom is 0.234 e. The van der Waals surface area contributed by atoms with Crippen molar-refractivity contribution in [1.29, 1.82) is 0 Å².